The molecule has 0 spiro atoms. The van der Waals surface area contributed by atoms with Crippen molar-refractivity contribution in [1.29, 1.82) is 0 Å². The largest absolute Gasteiger partial charge is 0.508 e. The number of hydrogen-bond donors (Lipinski definition) is 2. The van der Waals surface area contributed by atoms with Crippen LogP contribution in [0.2, 0.25) is 0 Å². The van der Waals surface area contributed by atoms with Crippen LogP contribution in [-0.4, -0.2) is 10.4 Å². The lowest BCUT2D eigenvalue weighted by Crippen LogP contribution is -2.42. The molecule has 2 heteroatoms. The Kier molecular flexibility index (Phi) is 2.89. The van der Waals surface area contributed by atoms with Gasteiger partial charge in [-0.25, -0.2) is 0 Å². The first-order valence-electron chi connectivity index (χ1n) is 8.09. The van der Waals surface area contributed by atoms with Crippen LogP contribution in [0.1, 0.15) is 56.1 Å². The maximum absolute atomic E-state index is 9.70. The number of hydrogen-bond acceptors (Lipinski definition) is 2. The van der Waals surface area contributed by atoms with Crippen molar-refractivity contribution in [2.24, 2.45) is 17.3 Å². The van der Waals surface area contributed by atoms with E-state index in [0.717, 1.165) is 24.2 Å². The highest BCUT2D eigenvalue weighted by Crippen LogP contribution is 2.62. The molecule has 1 aromatic rings. The molecule has 0 aliphatic heterocycles. The molecular weight excluding hydrogens is 264 g/mol. The maximum atomic E-state index is 9.70. The first-order chi connectivity index (χ1) is 9.59. The van der Waals surface area contributed by atoms with Gasteiger partial charge in [0.05, 0.1) is 0 Å². The molecule has 0 bridgehead atoms. The molecule has 1 aromatic carbocycles. The van der Waals surface area contributed by atoms with Gasteiger partial charge in [-0.05, 0) is 85.0 Å². The Morgan fingerprint density at radius 2 is 2.05 bits per heavy atom. The van der Waals surface area contributed by atoms with Crippen LogP contribution in [0.3, 0.4) is 0 Å². The van der Waals surface area contributed by atoms with E-state index >= 15 is 0 Å². The molecule has 1 N–H and O–H groups in total. The first-order valence-corrected chi connectivity index (χ1v) is 8.61. The number of phenols is 1. The molecule has 20 heavy (non-hydrogen) atoms. The third kappa shape index (κ3) is 1.70. The standard InChI is InChI=1S/C18H24OS/c1-18-9-8-14-13-5-3-12(19)10-11(13)2-4-15(14)16(18)6-7-17(18)20/h3,5,10,14-17,19-20H,2,4,6-9H2,1H3/t14-,15-,16+,17+,18+/m1/s1. The number of phenolic OH excluding ortho intramolecular Hbond substituents is 1. The normalized spacial score (nSPS) is 42.7. The topological polar surface area (TPSA) is 20.2 Å². The van der Waals surface area contributed by atoms with Gasteiger partial charge < -0.3 is 5.11 Å². The average Bonchev–Trinajstić information content (AvgIpc) is 2.74. The van der Waals surface area contributed by atoms with E-state index in [1.807, 2.05) is 12.1 Å². The van der Waals surface area contributed by atoms with Crippen LogP contribution < -0.4 is 0 Å². The second kappa shape index (κ2) is 4.43. The van der Waals surface area contributed by atoms with Crippen molar-refractivity contribution >= 4 is 12.6 Å². The van der Waals surface area contributed by atoms with Gasteiger partial charge in [0.15, 0.2) is 0 Å². The number of thiol groups is 1. The van der Waals surface area contributed by atoms with Gasteiger partial charge in [-0.3, -0.25) is 0 Å². The molecule has 108 valence electrons. The minimum atomic E-state index is 0.430. The van der Waals surface area contributed by atoms with E-state index in [4.69, 9.17) is 12.6 Å². The number of benzene rings is 1. The molecule has 1 nitrogen and oxygen atoms in total. The average molecular weight is 288 g/mol. The van der Waals surface area contributed by atoms with Crippen molar-refractivity contribution in [2.75, 3.05) is 0 Å². The third-order valence-corrected chi connectivity index (χ3v) is 7.51. The van der Waals surface area contributed by atoms with Gasteiger partial charge in [-0.1, -0.05) is 13.0 Å². The minimum absolute atomic E-state index is 0.430. The zero-order valence-corrected chi connectivity index (χ0v) is 13.1. The van der Waals surface area contributed by atoms with Crippen LogP contribution in [0.5, 0.6) is 5.75 Å². The lowest BCUT2D eigenvalue weighted by atomic mass is 9.56. The highest BCUT2D eigenvalue weighted by Gasteiger charge is 2.53. The van der Waals surface area contributed by atoms with Gasteiger partial charge in [0, 0.05) is 5.25 Å². The Hall–Kier alpha value is -0.630. The zero-order chi connectivity index (χ0) is 13.9. The van der Waals surface area contributed by atoms with Gasteiger partial charge in [0.2, 0.25) is 0 Å². The van der Waals surface area contributed by atoms with E-state index in [0.29, 0.717) is 16.4 Å². The van der Waals surface area contributed by atoms with E-state index in [1.165, 1.54) is 43.2 Å². The summed E-state index contributed by atoms with van der Waals surface area (Å²) in [6, 6.07) is 6.07. The van der Waals surface area contributed by atoms with Crippen molar-refractivity contribution in [2.45, 2.75) is 56.6 Å². The summed E-state index contributed by atoms with van der Waals surface area (Å²) in [4.78, 5) is 0. The summed E-state index contributed by atoms with van der Waals surface area (Å²) in [6.07, 6.45) is 7.77. The van der Waals surface area contributed by atoms with Crippen LogP contribution in [0.15, 0.2) is 18.2 Å². The van der Waals surface area contributed by atoms with Crippen molar-refractivity contribution in [3.8, 4) is 5.75 Å². The van der Waals surface area contributed by atoms with Crippen LogP contribution in [0.25, 0.3) is 0 Å². The summed E-state index contributed by atoms with van der Waals surface area (Å²) in [6.45, 7) is 2.49. The van der Waals surface area contributed by atoms with Crippen LogP contribution in [0, 0.1) is 17.3 Å². The number of fused-ring (bicyclic) bond motifs is 5. The third-order valence-electron chi connectivity index (χ3n) is 6.66. The summed E-state index contributed by atoms with van der Waals surface area (Å²) in [7, 11) is 0. The van der Waals surface area contributed by atoms with E-state index in [9.17, 15) is 5.11 Å². The molecule has 0 radical (unpaired) electrons. The molecule has 0 saturated heterocycles. The van der Waals surface area contributed by atoms with E-state index < -0.39 is 0 Å². The fourth-order valence-corrected chi connectivity index (χ4v) is 6.01. The lowest BCUT2D eigenvalue weighted by Gasteiger charge is -2.50. The fourth-order valence-electron chi connectivity index (χ4n) is 5.54. The number of aromatic hydroxyl groups is 1. The Balaban J connectivity index is 1.71. The highest BCUT2D eigenvalue weighted by atomic mass is 32.1. The van der Waals surface area contributed by atoms with E-state index in [-0.39, 0.29) is 0 Å². The monoisotopic (exact) mass is 288 g/mol. The molecular formula is C18H24OS. The highest BCUT2D eigenvalue weighted by molar-refractivity contribution is 7.81. The molecule has 2 saturated carbocycles. The predicted octanol–water partition coefficient (Wildman–Crippen LogP) is 4.55. The Labute approximate surface area is 127 Å². The van der Waals surface area contributed by atoms with Gasteiger partial charge in [0.25, 0.3) is 0 Å². The van der Waals surface area contributed by atoms with Gasteiger partial charge >= 0.3 is 0 Å². The molecule has 0 heterocycles. The summed E-state index contributed by atoms with van der Waals surface area (Å²) >= 11 is 4.89. The first kappa shape index (κ1) is 13.1. The van der Waals surface area contributed by atoms with Gasteiger partial charge in [-0.2, -0.15) is 12.6 Å². The smallest absolute Gasteiger partial charge is 0.115 e. The zero-order valence-electron chi connectivity index (χ0n) is 12.2. The van der Waals surface area contributed by atoms with Crippen LogP contribution in [-0.2, 0) is 6.42 Å². The van der Waals surface area contributed by atoms with Gasteiger partial charge in [-0.15, -0.1) is 0 Å². The Bertz CT molecular complexity index is 540. The summed E-state index contributed by atoms with van der Waals surface area (Å²) in [5.41, 5.74) is 3.40. The SMILES string of the molecule is C[C@]12CC[C@@H]3c4ccc(O)cc4CC[C@H]3[C@@H]1CC[C@@H]2S. The molecule has 4 rings (SSSR count). The fraction of sp³-hybridized carbons (Fsp3) is 0.667. The number of rotatable bonds is 0. The number of aryl methyl sites for hydroxylation is 1. The molecule has 5 atom stereocenters. The lowest BCUT2D eigenvalue weighted by molar-refractivity contribution is 0.0633. The summed E-state index contributed by atoms with van der Waals surface area (Å²) in [5, 5.41) is 10.3. The molecule has 0 amide bonds. The molecule has 3 aliphatic rings. The van der Waals surface area contributed by atoms with E-state index in [1.54, 1.807) is 0 Å². The molecule has 2 fully saturated rings. The van der Waals surface area contributed by atoms with Crippen molar-refractivity contribution in [3.63, 3.8) is 0 Å². The second-order valence-corrected chi connectivity index (χ2v) is 8.06. The minimum Gasteiger partial charge on any atom is -0.508 e. The molecule has 0 aromatic heterocycles. The van der Waals surface area contributed by atoms with Crippen LogP contribution in [0.4, 0.5) is 0 Å². The molecule has 0 unspecified atom stereocenters. The van der Waals surface area contributed by atoms with Crippen molar-refractivity contribution in [1.82, 2.24) is 0 Å². The molecule has 3 aliphatic carbocycles. The Morgan fingerprint density at radius 1 is 1.20 bits per heavy atom. The van der Waals surface area contributed by atoms with Crippen LogP contribution >= 0.6 is 12.6 Å². The van der Waals surface area contributed by atoms with Crippen molar-refractivity contribution in [3.05, 3.63) is 29.3 Å². The Morgan fingerprint density at radius 3 is 2.90 bits per heavy atom. The second-order valence-electron chi connectivity index (χ2n) is 7.44. The van der Waals surface area contributed by atoms with Gasteiger partial charge in [0.1, 0.15) is 5.75 Å². The summed E-state index contributed by atoms with van der Waals surface area (Å²) < 4.78 is 0. The predicted molar refractivity (Wildman–Crippen MR) is 85.5 cm³/mol. The van der Waals surface area contributed by atoms with Crippen molar-refractivity contribution < 1.29 is 5.11 Å². The summed E-state index contributed by atoms with van der Waals surface area (Å²) in [5.74, 6) is 2.88. The maximum Gasteiger partial charge on any atom is 0.115 e. The van der Waals surface area contributed by atoms with E-state index in [2.05, 4.69) is 13.0 Å². The quantitative estimate of drug-likeness (QED) is 0.671.